The molecular formula is C44H66FNO5. The van der Waals surface area contributed by atoms with Crippen LogP contribution >= 0.6 is 0 Å². The predicted molar refractivity (Wildman–Crippen MR) is 199 cm³/mol. The fourth-order valence-corrected chi connectivity index (χ4v) is 13.6. The Morgan fingerprint density at radius 1 is 0.922 bits per heavy atom. The van der Waals surface area contributed by atoms with E-state index in [-0.39, 0.29) is 57.2 Å². The van der Waals surface area contributed by atoms with Gasteiger partial charge in [-0.15, -0.1) is 0 Å². The van der Waals surface area contributed by atoms with Crippen molar-refractivity contribution in [3.8, 4) is 0 Å². The van der Waals surface area contributed by atoms with E-state index in [1.165, 1.54) is 12.1 Å². The van der Waals surface area contributed by atoms with E-state index in [1.807, 2.05) is 13.8 Å². The maximum Gasteiger partial charge on any atom is 0.326 e. The number of aliphatic hydroxyl groups is 1. The first kappa shape index (κ1) is 38.5. The van der Waals surface area contributed by atoms with Gasteiger partial charge < -0.3 is 20.3 Å². The summed E-state index contributed by atoms with van der Waals surface area (Å²) in [4.78, 5) is 27.1. The maximum atomic E-state index is 14.7. The van der Waals surface area contributed by atoms with E-state index in [0.29, 0.717) is 43.8 Å². The molecule has 11 atom stereocenters. The Morgan fingerprint density at radius 2 is 1.63 bits per heavy atom. The molecule has 284 valence electrons. The van der Waals surface area contributed by atoms with Crippen molar-refractivity contribution in [2.75, 3.05) is 13.2 Å². The highest BCUT2D eigenvalue weighted by Gasteiger charge is 2.72. The van der Waals surface area contributed by atoms with Crippen LogP contribution < -0.4 is 5.32 Å². The molecule has 1 aromatic rings. The average molecular weight is 708 g/mol. The van der Waals surface area contributed by atoms with Crippen LogP contribution in [0.3, 0.4) is 0 Å². The summed E-state index contributed by atoms with van der Waals surface area (Å²) in [6.45, 7) is 21.8. The molecule has 0 heterocycles. The summed E-state index contributed by atoms with van der Waals surface area (Å²) in [6.07, 6.45) is 10.6. The third-order valence-corrected chi connectivity index (χ3v) is 16.4. The predicted octanol–water partition coefficient (Wildman–Crippen LogP) is 9.00. The summed E-state index contributed by atoms with van der Waals surface area (Å²) >= 11 is 0. The second kappa shape index (κ2) is 13.9. The lowest BCUT2D eigenvalue weighted by Gasteiger charge is -2.72. The number of aliphatic carboxylic acids is 1. The summed E-state index contributed by atoms with van der Waals surface area (Å²) < 4.78 is 19.7. The maximum absolute atomic E-state index is 14.7. The van der Waals surface area contributed by atoms with Crippen LogP contribution in [0, 0.1) is 68.4 Å². The fraction of sp³-hybridized carbons (Fsp3) is 0.773. The molecule has 5 aliphatic rings. The van der Waals surface area contributed by atoms with Gasteiger partial charge in [-0.1, -0.05) is 67.2 Å². The van der Waals surface area contributed by atoms with Crippen LogP contribution in [0.25, 0.3) is 0 Å². The third-order valence-electron chi connectivity index (χ3n) is 16.4. The molecule has 6 nitrogen and oxygen atoms in total. The summed E-state index contributed by atoms with van der Waals surface area (Å²) in [6, 6.07) is 5.66. The highest BCUT2D eigenvalue weighted by molar-refractivity contribution is 5.88. The number of halogens is 1. The molecule has 0 aliphatic heterocycles. The number of rotatable bonds is 11. The number of ether oxygens (including phenoxy) is 1. The molecule has 0 bridgehead atoms. The molecule has 0 saturated heterocycles. The van der Waals surface area contributed by atoms with Crippen LogP contribution in [0.5, 0.6) is 0 Å². The Hall–Kier alpha value is -2.25. The number of carbonyl (C=O) groups is 2. The second-order valence-corrected chi connectivity index (χ2v) is 19.5. The number of amides is 1. The first-order chi connectivity index (χ1) is 23.9. The zero-order valence-corrected chi connectivity index (χ0v) is 32.5. The number of benzene rings is 1. The van der Waals surface area contributed by atoms with Crippen LogP contribution in [0.2, 0.25) is 0 Å². The van der Waals surface area contributed by atoms with Crippen LogP contribution in [0.1, 0.15) is 125 Å². The van der Waals surface area contributed by atoms with Crippen molar-refractivity contribution < 1.29 is 28.9 Å². The van der Waals surface area contributed by atoms with E-state index in [4.69, 9.17) is 4.74 Å². The Bertz CT molecular complexity index is 1470. The molecule has 5 saturated carbocycles. The highest BCUT2D eigenvalue weighted by atomic mass is 19.1. The molecule has 1 amide bonds. The van der Waals surface area contributed by atoms with Crippen LogP contribution in [-0.4, -0.2) is 47.4 Å². The van der Waals surface area contributed by atoms with E-state index in [1.54, 1.807) is 12.1 Å². The topological polar surface area (TPSA) is 95.9 Å². The van der Waals surface area contributed by atoms with Crippen LogP contribution in [0.15, 0.2) is 36.4 Å². The van der Waals surface area contributed by atoms with Gasteiger partial charge in [0.15, 0.2) is 0 Å². The van der Waals surface area contributed by atoms with Gasteiger partial charge >= 0.3 is 5.97 Å². The van der Waals surface area contributed by atoms with Gasteiger partial charge in [-0.25, -0.2) is 9.18 Å². The first-order valence-electron chi connectivity index (χ1n) is 20.1. The molecule has 0 radical (unpaired) electrons. The van der Waals surface area contributed by atoms with E-state index < -0.39 is 17.4 Å². The Labute approximate surface area is 306 Å². The van der Waals surface area contributed by atoms with E-state index in [2.05, 4.69) is 46.5 Å². The van der Waals surface area contributed by atoms with Gasteiger partial charge in [0.2, 0.25) is 5.91 Å². The first-order valence-corrected chi connectivity index (χ1v) is 20.1. The number of hydrogen-bond donors (Lipinski definition) is 3. The van der Waals surface area contributed by atoms with E-state index >= 15 is 0 Å². The molecule has 1 unspecified atom stereocenters. The summed E-state index contributed by atoms with van der Waals surface area (Å²) in [5, 5.41) is 24.4. The number of hydrogen-bond acceptors (Lipinski definition) is 4. The molecule has 0 aromatic heterocycles. The van der Waals surface area contributed by atoms with Crippen LogP contribution in [-0.2, 0) is 20.7 Å². The standard InChI is InChI=1S/C44H66FNO5/c1-27(2)25-33(38(48)49)46-39(50)44-21-15-31(28(3)26-51-24-18-29-9-11-30(45)12-10-29)37(44)32-13-14-35-41(6)19-17-36(47)40(4,5)34(41)16-20-43(35,8)42(32,7)22-23-44/h9-12,27,31-37,47H,3,13-26H2,1-2,4-8H3,(H,46,50)(H,48,49)/t31-,32+,33?,34-,35+,36-,37+,41-,42+,43+,44-/m0/s1. The van der Waals surface area contributed by atoms with Gasteiger partial charge in [0.1, 0.15) is 11.9 Å². The fourth-order valence-electron chi connectivity index (χ4n) is 13.6. The van der Waals surface area contributed by atoms with Crippen molar-refractivity contribution in [3.05, 3.63) is 47.8 Å². The highest BCUT2D eigenvalue weighted by Crippen LogP contribution is 2.77. The molecular weight excluding hydrogens is 641 g/mol. The minimum Gasteiger partial charge on any atom is -0.480 e. The molecule has 6 rings (SSSR count). The average Bonchev–Trinajstić information content (AvgIpc) is 3.47. The third kappa shape index (κ3) is 6.32. The van der Waals surface area contributed by atoms with Crippen molar-refractivity contribution in [1.29, 1.82) is 0 Å². The number of carboxylic acids is 1. The van der Waals surface area contributed by atoms with Gasteiger partial charge in [-0.2, -0.15) is 0 Å². The number of carboxylic acid groups (broad SMARTS) is 1. The van der Waals surface area contributed by atoms with Crippen LogP contribution in [0.4, 0.5) is 4.39 Å². The number of aliphatic hydroxyl groups excluding tert-OH is 1. The van der Waals surface area contributed by atoms with Gasteiger partial charge in [-0.3, -0.25) is 4.79 Å². The van der Waals surface area contributed by atoms with Gasteiger partial charge in [-0.05, 0) is 157 Å². The Morgan fingerprint density at radius 3 is 2.29 bits per heavy atom. The number of nitrogens with one attached hydrogen (secondary N) is 1. The molecule has 0 spiro atoms. The smallest absolute Gasteiger partial charge is 0.326 e. The molecule has 1 aromatic carbocycles. The van der Waals surface area contributed by atoms with Gasteiger partial charge in [0.05, 0.1) is 24.7 Å². The monoisotopic (exact) mass is 707 g/mol. The van der Waals surface area contributed by atoms with Crippen molar-refractivity contribution in [2.24, 2.45) is 62.6 Å². The molecule has 7 heteroatoms. The van der Waals surface area contributed by atoms with Gasteiger partial charge in [0, 0.05) is 0 Å². The molecule has 5 aliphatic carbocycles. The van der Waals surface area contributed by atoms with Crippen molar-refractivity contribution in [3.63, 3.8) is 0 Å². The lowest BCUT2D eigenvalue weighted by atomic mass is 9.32. The number of fused-ring (bicyclic) bond motifs is 7. The summed E-state index contributed by atoms with van der Waals surface area (Å²) in [5.74, 6) is 0.429. The lowest BCUT2D eigenvalue weighted by molar-refractivity contribution is -0.246. The normalized spacial score (nSPS) is 40.4. The largest absolute Gasteiger partial charge is 0.480 e. The minimum atomic E-state index is -0.960. The zero-order chi connectivity index (χ0) is 37.1. The Kier molecular flexibility index (Phi) is 10.5. The number of carbonyl (C=O) groups excluding carboxylic acids is 1. The van der Waals surface area contributed by atoms with Crippen molar-refractivity contribution in [2.45, 2.75) is 138 Å². The minimum absolute atomic E-state index is 0.0228. The van der Waals surface area contributed by atoms with E-state index in [9.17, 15) is 24.2 Å². The molecule has 5 fully saturated rings. The molecule has 51 heavy (non-hydrogen) atoms. The van der Waals surface area contributed by atoms with Crippen molar-refractivity contribution in [1.82, 2.24) is 5.32 Å². The quantitative estimate of drug-likeness (QED) is 0.158. The van der Waals surface area contributed by atoms with Crippen molar-refractivity contribution >= 4 is 11.9 Å². The Balaban J connectivity index is 1.29. The van der Waals surface area contributed by atoms with Gasteiger partial charge in [0.25, 0.3) is 0 Å². The summed E-state index contributed by atoms with van der Waals surface area (Å²) in [5.41, 5.74) is 1.63. The SMILES string of the molecule is C=C(COCCc1ccc(F)cc1)[C@@H]1CC[C@]2(C(=O)NC(CC(C)C)C(=O)O)CC[C@]3(C)[C@H](CC[C@@H]4[C@@]5(C)CC[C@H](O)C(C)(C)[C@@H]5CC[C@]43C)[C@@H]12. The zero-order valence-electron chi connectivity index (χ0n) is 32.5. The lowest BCUT2D eigenvalue weighted by Crippen LogP contribution is -2.67. The summed E-state index contributed by atoms with van der Waals surface area (Å²) in [7, 11) is 0. The van der Waals surface area contributed by atoms with E-state index in [0.717, 1.165) is 75.3 Å². The molecule has 3 N–H and O–H groups in total. The second-order valence-electron chi connectivity index (χ2n) is 19.5.